The van der Waals surface area contributed by atoms with E-state index in [0.29, 0.717) is 0 Å². The van der Waals surface area contributed by atoms with E-state index in [1.807, 2.05) is 0 Å². The van der Waals surface area contributed by atoms with Crippen molar-refractivity contribution in [2.24, 2.45) is 0 Å². The summed E-state index contributed by atoms with van der Waals surface area (Å²) < 4.78 is 0. The van der Waals surface area contributed by atoms with Crippen LogP contribution in [0.25, 0.3) is 0 Å². The molecule has 2 aliphatic rings. The third-order valence-electron chi connectivity index (χ3n) is 6.52. The van der Waals surface area contributed by atoms with Crippen LogP contribution in [0, 0.1) is 0 Å². The van der Waals surface area contributed by atoms with Crippen LogP contribution in [-0.4, -0.2) is 0 Å². The highest BCUT2D eigenvalue weighted by atomic mass is 14.2. The maximum atomic E-state index is 2.39. The van der Waals surface area contributed by atoms with Gasteiger partial charge in [0.25, 0.3) is 0 Å². The molecule has 4 rings (SSSR count). The number of hydrogen-bond donors (Lipinski definition) is 0. The van der Waals surface area contributed by atoms with Gasteiger partial charge >= 0.3 is 0 Å². The number of rotatable bonds is 4. The molecule has 0 amide bonds. The molecule has 0 atom stereocenters. The Kier molecular flexibility index (Phi) is 5.55. The van der Waals surface area contributed by atoms with Crippen molar-refractivity contribution in [2.45, 2.75) is 82.5 Å². The maximum Gasteiger partial charge on any atom is -0.00258 e. The SMILES string of the molecule is c1cc(C2CCCCC2)ccc1Cc1ccc(C2CCCCC2)cc1. The van der Waals surface area contributed by atoms with Crippen LogP contribution in [0.2, 0.25) is 0 Å². The second-order valence-corrected chi connectivity index (χ2v) is 8.33. The molecular weight excluding hydrogens is 300 g/mol. The Balaban J connectivity index is 1.38. The molecule has 132 valence electrons. The Hall–Kier alpha value is -1.56. The van der Waals surface area contributed by atoms with Gasteiger partial charge in [0.2, 0.25) is 0 Å². The predicted molar refractivity (Wildman–Crippen MR) is 107 cm³/mol. The van der Waals surface area contributed by atoms with Gasteiger partial charge in [-0.2, -0.15) is 0 Å². The van der Waals surface area contributed by atoms with Crippen molar-refractivity contribution in [2.75, 3.05) is 0 Å². The minimum atomic E-state index is 0.817. The average molecular weight is 333 g/mol. The van der Waals surface area contributed by atoms with Gasteiger partial charge in [-0.3, -0.25) is 0 Å². The van der Waals surface area contributed by atoms with Crippen molar-refractivity contribution < 1.29 is 0 Å². The van der Waals surface area contributed by atoms with E-state index in [9.17, 15) is 0 Å². The van der Waals surface area contributed by atoms with Crippen molar-refractivity contribution >= 4 is 0 Å². The molecule has 0 N–H and O–H groups in total. The molecule has 2 aromatic rings. The van der Waals surface area contributed by atoms with Gasteiger partial charge in [-0.25, -0.2) is 0 Å². The lowest BCUT2D eigenvalue weighted by atomic mass is 9.83. The van der Waals surface area contributed by atoms with E-state index in [1.165, 1.54) is 75.3 Å². The van der Waals surface area contributed by atoms with Gasteiger partial charge < -0.3 is 0 Å². The van der Waals surface area contributed by atoms with Gasteiger partial charge in [0.05, 0.1) is 0 Å². The summed E-state index contributed by atoms with van der Waals surface area (Å²) in [5, 5.41) is 0. The van der Waals surface area contributed by atoms with E-state index in [1.54, 1.807) is 11.1 Å². The number of benzene rings is 2. The average Bonchev–Trinajstić information content (AvgIpc) is 2.71. The van der Waals surface area contributed by atoms with Crippen molar-refractivity contribution in [3.05, 3.63) is 70.8 Å². The Morgan fingerprint density at radius 2 is 0.840 bits per heavy atom. The molecule has 0 saturated heterocycles. The van der Waals surface area contributed by atoms with Crippen LogP contribution in [0.4, 0.5) is 0 Å². The minimum Gasteiger partial charge on any atom is -0.0585 e. The third kappa shape index (κ3) is 4.35. The van der Waals surface area contributed by atoms with Gasteiger partial charge in [-0.15, -0.1) is 0 Å². The standard InChI is InChI=1S/C25H32/c1-3-7-22(8-4-1)24-15-11-20(12-16-24)19-21-13-17-25(18-14-21)23-9-5-2-6-10-23/h11-18,22-23H,1-10,19H2. The maximum absolute atomic E-state index is 2.39. The second kappa shape index (κ2) is 8.21. The van der Waals surface area contributed by atoms with Crippen molar-refractivity contribution in [3.8, 4) is 0 Å². The van der Waals surface area contributed by atoms with E-state index in [0.717, 1.165) is 18.3 Å². The van der Waals surface area contributed by atoms with Crippen LogP contribution in [0.5, 0.6) is 0 Å². The first-order valence-corrected chi connectivity index (χ1v) is 10.6. The molecule has 2 fully saturated rings. The Labute approximate surface area is 153 Å². The minimum absolute atomic E-state index is 0.817. The summed E-state index contributed by atoms with van der Waals surface area (Å²) in [6.07, 6.45) is 15.2. The van der Waals surface area contributed by atoms with Crippen LogP contribution >= 0.6 is 0 Å². The summed E-state index contributed by atoms with van der Waals surface area (Å²) in [6, 6.07) is 19.0. The summed E-state index contributed by atoms with van der Waals surface area (Å²) in [7, 11) is 0. The summed E-state index contributed by atoms with van der Waals surface area (Å²) in [5.41, 5.74) is 6.03. The fraction of sp³-hybridized carbons (Fsp3) is 0.520. The lowest BCUT2D eigenvalue weighted by Gasteiger charge is -2.22. The highest BCUT2D eigenvalue weighted by molar-refractivity contribution is 5.32. The van der Waals surface area contributed by atoms with E-state index in [-0.39, 0.29) is 0 Å². The van der Waals surface area contributed by atoms with Gasteiger partial charge in [-0.1, -0.05) is 87.1 Å². The molecule has 0 aromatic heterocycles. The topological polar surface area (TPSA) is 0 Å². The fourth-order valence-electron chi connectivity index (χ4n) is 4.92. The van der Waals surface area contributed by atoms with E-state index < -0.39 is 0 Å². The summed E-state index contributed by atoms with van der Waals surface area (Å²) in [4.78, 5) is 0. The molecule has 0 nitrogen and oxygen atoms in total. The van der Waals surface area contributed by atoms with Gasteiger partial charge in [-0.05, 0) is 66.2 Å². The van der Waals surface area contributed by atoms with E-state index in [2.05, 4.69) is 48.5 Å². The van der Waals surface area contributed by atoms with E-state index >= 15 is 0 Å². The zero-order valence-electron chi connectivity index (χ0n) is 15.6. The molecule has 0 unspecified atom stereocenters. The lowest BCUT2D eigenvalue weighted by Crippen LogP contribution is -2.05. The molecule has 2 aromatic carbocycles. The highest BCUT2D eigenvalue weighted by Crippen LogP contribution is 2.34. The Morgan fingerprint density at radius 3 is 1.20 bits per heavy atom. The molecule has 2 saturated carbocycles. The first-order valence-electron chi connectivity index (χ1n) is 10.6. The molecule has 0 heterocycles. The van der Waals surface area contributed by atoms with Gasteiger partial charge in [0.15, 0.2) is 0 Å². The molecule has 0 aliphatic heterocycles. The highest BCUT2D eigenvalue weighted by Gasteiger charge is 2.16. The Bertz CT molecular complexity index is 578. The first-order chi connectivity index (χ1) is 12.4. The largest absolute Gasteiger partial charge is 0.0585 e. The zero-order chi connectivity index (χ0) is 16.9. The quantitative estimate of drug-likeness (QED) is 0.548. The van der Waals surface area contributed by atoms with Crippen LogP contribution in [0.3, 0.4) is 0 Å². The molecule has 0 bridgehead atoms. The van der Waals surface area contributed by atoms with Gasteiger partial charge in [0.1, 0.15) is 0 Å². The lowest BCUT2D eigenvalue weighted by molar-refractivity contribution is 0.443. The Morgan fingerprint density at radius 1 is 0.480 bits per heavy atom. The van der Waals surface area contributed by atoms with Crippen molar-refractivity contribution in [1.82, 2.24) is 0 Å². The van der Waals surface area contributed by atoms with Crippen LogP contribution < -0.4 is 0 Å². The number of hydrogen-bond acceptors (Lipinski definition) is 0. The van der Waals surface area contributed by atoms with Crippen LogP contribution in [0.15, 0.2) is 48.5 Å². The summed E-state index contributed by atoms with van der Waals surface area (Å²) in [6.45, 7) is 0. The molecule has 25 heavy (non-hydrogen) atoms. The molecule has 0 spiro atoms. The van der Waals surface area contributed by atoms with E-state index in [4.69, 9.17) is 0 Å². The van der Waals surface area contributed by atoms with Gasteiger partial charge in [0, 0.05) is 0 Å². The van der Waals surface area contributed by atoms with Crippen LogP contribution in [0.1, 0.15) is 98.3 Å². The molecule has 0 heteroatoms. The van der Waals surface area contributed by atoms with Crippen molar-refractivity contribution in [1.29, 1.82) is 0 Å². The normalized spacial score (nSPS) is 19.8. The third-order valence-corrected chi connectivity index (χ3v) is 6.52. The molecule has 0 radical (unpaired) electrons. The summed E-state index contributed by atoms with van der Waals surface area (Å²) in [5.74, 6) is 1.63. The monoisotopic (exact) mass is 332 g/mol. The van der Waals surface area contributed by atoms with Crippen LogP contribution in [-0.2, 0) is 6.42 Å². The second-order valence-electron chi connectivity index (χ2n) is 8.33. The zero-order valence-corrected chi connectivity index (χ0v) is 15.6. The smallest absolute Gasteiger partial charge is 0.00258 e. The summed E-state index contributed by atoms with van der Waals surface area (Å²) >= 11 is 0. The van der Waals surface area contributed by atoms with Crippen molar-refractivity contribution in [3.63, 3.8) is 0 Å². The molecular formula is C25H32. The first kappa shape index (κ1) is 16.9. The molecule has 2 aliphatic carbocycles. The predicted octanol–water partition coefficient (Wildman–Crippen LogP) is 7.37. The fourth-order valence-corrected chi connectivity index (χ4v) is 4.92.